The number of nitrogens with zero attached hydrogens (tertiary/aromatic N) is 1. The Kier molecular flexibility index (Phi) is 2.38. The van der Waals surface area contributed by atoms with Gasteiger partial charge in [0.05, 0.1) is 0 Å². The van der Waals surface area contributed by atoms with Gasteiger partial charge in [0, 0.05) is 18.7 Å². The second kappa shape index (κ2) is 3.62. The molecule has 18 heavy (non-hydrogen) atoms. The predicted octanol–water partition coefficient (Wildman–Crippen LogP) is 3.50. The molecule has 2 aliphatic rings. The Morgan fingerprint density at radius 3 is 2.78 bits per heavy atom. The van der Waals surface area contributed by atoms with E-state index in [0.29, 0.717) is 22.6 Å². The maximum absolute atomic E-state index is 10.7. The topological polar surface area (TPSA) is 33.5 Å². The van der Waals surface area contributed by atoms with Crippen LogP contribution in [0, 0.1) is 10.8 Å². The highest BCUT2D eigenvalue weighted by Crippen LogP contribution is 2.53. The van der Waals surface area contributed by atoms with Crippen LogP contribution in [0.1, 0.15) is 50.6 Å². The smallest absolute Gasteiger partial charge is 0.196 e. The summed E-state index contributed by atoms with van der Waals surface area (Å²) in [6, 6.07) is 4.25. The van der Waals surface area contributed by atoms with Crippen LogP contribution in [0.2, 0.25) is 0 Å². The largest absolute Gasteiger partial charge is 0.438 e. The first-order valence-electron chi connectivity index (χ1n) is 6.73. The number of furan rings is 1. The van der Waals surface area contributed by atoms with Crippen LogP contribution in [-0.4, -0.2) is 18.9 Å². The van der Waals surface area contributed by atoms with Crippen molar-refractivity contribution in [2.75, 3.05) is 11.4 Å². The number of rotatable bonds is 2. The number of carbonyl (C=O) groups is 1. The van der Waals surface area contributed by atoms with Crippen LogP contribution in [0.3, 0.4) is 0 Å². The van der Waals surface area contributed by atoms with E-state index in [9.17, 15) is 4.79 Å². The summed E-state index contributed by atoms with van der Waals surface area (Å²) in [5, 5.41) is 0. The van der Waals surface area contributed by atoms with E-state index in [-0.39, 0.29) is 0 Å². The molecule has 1 saturated heterocycles. The molecule has 3 rings (SSSR count). The van der Waals surface area contributed by atoms with E-state index >= 15 is 0 Å². The van der Waals surface area contributed by atoms with Gasteiger partial charge in [0.25, 0.3) is 0 Å². The van der Waals surface area contributed by atoms with E-state index in [4.69, 9.17) is 4.42 Å². The van der Waals surface area contributed by atoms with Gasteiger partial charge in [-0.15, -0.1) is 0 Å². The van der Waals surface area contributed by atoms with Crippen LogP contribution in [0.25, 0.3) is 0 Å². The highest BCUT2D eigenvalue weighted by molar-refractivity contribution is 5.71. The summed E-state index contributed by atoms with van der Waals surface area (Å²) in [7, 11) is 0. The lowest BCUT2D eigenvalue weighted by atomic mass is 9.65. The SMILES string of the molecule is CC1(C)CC2CC(C)(CN2c2ccc(C=O)o2)C1. The molecule has 1 saturated carbocycles. The van der Waals surface area contributed by atoms with Gasteiger partial charge in [-0.3, -0.25) is 4.79 Å². The molecule has 1 aliphatic carbocycles. The van der Waals surface area contributed by atoms with Crippen LogP contribution in [0.4, 0.5) is 5.88 Å². The Balaban J connectivity index is 1.89. The van der Waals surface area contributed by atoms with E-state index < -0.39 is 0 Å². The van der Waals surface area contributed by atoms with E-state index in [1.54, 1.807) is 6.07 Å². The Labute approximate surface area is 108 Å². The Bertz CT molecular complexity index is 477. The lowest BCUT2D eigenvalue weighted by Gasteiger charge is -2.39. The minimum Gasteiger partial charge on any atom is -0.438 e. The Hall–Kier alpha value is -1.25. The van der Waals surface area contributed by atoms with Gasteiger partial charge in [-0.2, -0.15) is 0 Å². The third kappa shape index (κ3) is 1.86. The number of aldehydes is 1. The van der Waals surface area contributed by atoms with Gasteiger partial charge in [0.2, 0.25) is 0 Å². The first-order valence-corrected chi connectivity index (χ1v) is 6.73. The molecule has 1 aliphatic heterocycles. The first kappa shape index (κ1) is 11.8. The predicted molar refractivity (Wildman–Crippen MR) is 71.0 cm³/mol. The molecule has 1 aromatic heterocycles. The van der Waals surface area contributed by atoms with Crippen molar-refractivity contribution >= 4 is 12.2 Å². The Morgan fingerprint density at radius 1 is 1.33 bits per heavy atom. The van der Waals surface area contributed by atoms with E-state index in [1.165, 1.54) is 19.3 Å². The van der Waals surface area contributed by atoms with Crippen LogP contribution in [0.15, 0.2) is 16.5 Å². The molecule has 2 fully saturated rings. The van der Waals surface area contributed by atoms with E-state index in [0.717, 1.165) is 18.7 Å². The van der Waals surface area contributed by atoms with Crippen LogP contribution in [0.5, 0.6) is 0 Å². The van der Waals surface area contributed by atoms with Gasteiger partial charge >= 0.3 is 0 Å². The minimum absolute atomic E-state index is 0.389. The van der Waals surface area contributed by atoms with Crippen LogP contribution < -0.4 is 4.90 Å². The fourth-order valence-corrected chi connectivity index (χ4v) is 4.28. The summed E-state index contributed by atoms with van der Waals surface area (Å²) in [4.78, 5) is 13.1. The van der Waals surface area contributed by atoms with Crippen LogP contribution >= 0.6 is 0 Å². The van der Waals surface area contributed by atoms with Gasteiger partial charge < -0.3 is 9.32 Å². The average Bonchev–Trinajstić information content (AvgIpc) is 2.79. The summed E-state index contributed by atoms with van der Waals surface area (Å²) >= 11 is 0. The molecule has 2 unspecified atom stereocenters. The highest BCUT2D eigenvalue weighted by atomic mass is 16.4. The molecular formula is C15H21NO2. The second-order valence-electron chi connectivity index (χ2n) is 7.14. The van der Waals surface area contributed by atoms with E-state index in [2.05, 4.69) is 25.7 Å². The summed E-state index contributed by atoms with van der Waals surface area (Å²) in [5.41, 5.74) is 0.799. The summed E-state index contributed by atoms with van der Waals surface area (Å²) < 4.78 is 5.60. The standard InChI is InChI=1S/C15H21NO2/c1-14(2)6-11-7-15(3,9-14)10-16(11)13-5-4-12(8-17)18-13/h4-5,8,11H,6-7,9-10H2,1-3H3. The Morgan fingerprint density at radius 2 is 2.11 bits per heavy atom. The highest BCUT2D eigenvalue weighted by Gasteiger charge is 2.50. The fourth-order valence-electron chi connectivity index (χ4n) is 4.28. The molecule has 0 aromatic carbocycles. The normalized spacial score (nSPS) is 33.7. The molecule has 2 bridgehead atoms. The molecule has 3 heteroatoms. The molecule has 2 atom stereocenters. The van der Waals surface area contributed by atoms with Gasteiger partial charge in [-0.05, 0) is 36.2 Å². The van der Waals surface area contributed by atoms with Crippen molar-refractivity contribution in [1.82, 2.24) is 0 Å². The molecule has 0 N–H and O–H groups in total. The third-order valence-electron chi connectivity index (χ3n) is 4.43. The minimum atomic E-state index is 0.389. The van der Waals surface area contributed by atoms with Crippen molar-refractivity contribution < 1.29 is 9.21 Å². The van der Waals surface area contributed by atoms with Gasteiger partial charge in [-0.25, -0.2) is 0 Å². The molecular weight excluding hydrogens is 226 g/mol. The summed E-state index contributed by atoms with van der Waals surface area (Å²) in [6.45, 7) is 8.15. The lowest BCUT2D eigenvalue weighted by molar-refractivity contribution is 0.110. The van der Waals surface area contributed by atoms with Gasteiger partial charge in [0.15, 0.2) is 17.9 Å². The van der Waals surface area contributed by atoms with Crippen molar-refractivity contribution in [3.63, 3.8) is 0 Å². The monoisotopic (exact) mass is 247 g/mol. The van der Waals surface area contributed by atoms with Crippen molar-refractivity contribution in [1.29, 1.82) is 0 Å². The third-order valence-corrected chi connectivity index (χ3v) is 4.43. The van der Waals surface area contributed by atoms with Gasteiger partial charge in [0.1, 0.15) is 0 Å². The maximum Gasteiger partial charge on any atom is 0.196 e. The molecule has 2 heterocycles. The maximum atomic E-state index is 10.7. The van der Waals surface area contributed by atoms with Crippen molar-refractivity contribution in [2.24, 2.45) is 10.8 Å². The zero-order valence-electron chi connectivity index (χ0n) is 11.4. The summed E-state index contributed by atoms with van der Waals surface area (Å²) in [6.07, 6.45) is 4.50. The second-order valence-corrected chi connectivity index (χ2v) is 7.14. The molecule has 0 spiro atoms. The summed E-state index contributed by atoms with van der Waals surface area (Å²) in [5.74, 6) is 1.29. The first-order chi connectivity index (χ1) is 8.41. The number of fused-ring (bicyclic) bond motifs is 2. The van der Waals surface area contributed by atoms with Crippen LogP contribution in [-0.2, 0) is 0 Å². The molecule has 0 amide bonds. The number of hydrogen-bond acceptors (Lipinski definition) is 3. The molecule has 98 valence electrons. The van der Waals surface area contributed by atoms with Crippen molar-refractivity contribution in [3.8, 4) is 0 Å². The number of hydrogen-bond donors (Lipinski definition) is 0. The van der Waals surface area contributed by atoms with Crippen molar-refractivity contribution in [3.05, 3.63) is 17.9 Å². The molecule has 3 nitrogen and oxygen atoms in total. The fraction of sp³-hybridized carbons (Fsp3) is 0.667. The zero-order chi connectivity index (χ0) is 13.0. The number of carbonyl (C=O) groups excluding carboxylic acids is 1. The molecule has 1 aromatic rings. The van der Waals surface area contributed by atoms with E-state index in [1.807, 2.05) is 6.07 Å². The zero-order valence-corrected chi connectivity index (χ0v) is 11.4. The quantitative estimate of drug-likeness (QED) is 0.750. The average molecular weight is 247 g/mol. The lowest BCUT2D eigenvalue weighted by Crippen LogP contribution is -2.34. The van der Waals surface area contributed by atoms with Gasteiger partial charge in [-0.1, -0.05) is 20.8 Å². The number of anilines is 1. The van der Waals surface area contributed by atoms with Crippen molar-refractivity contribution in [2.45, 2.75) is 46.1 Å². The molecule has 0 radical (unpaired) electrons.